The summed E-state index contributed by atoms with van der Waals surface area (Å²) >= 11 is 0. The van der Waals surface area contributed by atoms with E-state index in [-0.39, 0.29) is 12.2 Å². The van der Waals surface area contributed by atoms with Crippen LogP contribution in [0.25, 0.3) is 0 Å². The average Bonchev–Trinajstić information content (AvgIpc) is 3.39. The van der Waals surface area contributed by atoms with Gasteiger partial charge in [-0.25, -0.2) is 0 Å². The highest BCUT2D eigenvalue weighted by molar-refractivity contribution is 4.81. The van der Waals surface area contributed by atoms with Crippen molar-refractivity contribution in [1.29, 1.82) is 0 Å². The first kappa shape index (κ1) is 21.0. The smallest absolute Gasteiger partial charge is 0.166 e. The summed E-state index contributed by atoms with van der Waals surface area (Å²) in [6.45, 7) is 12.8. The molecule has 162 valence electrons. The zero-order valence-electron chi connectivity index (χ0n) is 18.6. The second kappa shape index (κ2) is 7.78. The molecule has 0 saturated carbocycles. The van der Waals surface area contributed by atoms with E-state index in [1.54, 1.807) is 0 Å². The maximum atomic E-state index is 6.38. The maximum Gasteiger partial charge on any atom is 0.166 e. The SMILES string of the molecule is CC1(CCC2(C)OCC(C[N+]3(C)CCCC3)O2)OCC(C[N+]2(C)CCCC2)O1. The van der Waals surface area contributed by atoms with Crippen molar-refractivity contribution in [3.8, 4) is 0 Å². The number of ether oxygens (including phenoxy) is 4. The molecule has 6 nitrogen and oxygen atoms in total. The molecule has 4 atom stereocenters. The van der Waals surface area contributed by atoms with Crippen LogP contribution in [-0.4, -0.2) is 99.3 Å². The van der Waals surface area contributed by atoms with E-state index in [1.807, 2.05) is 0 Å². The van der Waals surface area contributed by atoms with Crippen LogP contribution in [-0.2, 0) is 18.9 Å². The van der Waals surface area contributed by atoms with Gasteiger partial charge in [0.05, 0.1) is 53.5 Å². The largest absolute Gasteiger partial charge is 0.347 e. The molecule has 28 heavy (non-hydrogen) atoms. The minimum atomic E-state index is -0.509. The molecule has 4 fully saturated rings. The molecule has 0 bridgehead atoms. The predicted octanol–water partition coefficient (Wildman–Crippen LogP) is 2.51. The molecule has 0 aromatic heterocycles. The molecular weight excluding hydrogens is 356 g/mol. The zero-order chi connectivity index (χ0) is 19.9. The Balaban J connectivity index is 1.23. The van der Waals surface area contributed by atoms with E-state index < -0.39 is 11.6 Å². The number of rotatable bonds is 7. The summed E-state index contributed by atoms with van der Waals surface area (Å²) in [4.78, 5) is 0. The van der Waals surface area contributed by atoms with Crippen LogP contribution in [0.1, 0.15) is 52.4 Å². The van der Waals surface area contributed by atoms with Gasteiger partial charge in [-0.3, -0.25) is 0 Å². The van der Waals surface area contributed by atoms with Crippen molar-refractivity contribution < 1.29 is 27.9 Å². The lowest BCUT2D eigenvalue weighted by atomic mass is 10.1. The molecule has 4 aliphatic heterocycles. The van der Waals surface area contributed by atoms with E-state index in [4.69, 9.17) is 18.9 Å². The van der Waals surface area contributed by atoms with E-state index in [1.165, 1.54) is 51.9 Å². The number of hydrogen-bond donors (Lipinski definition) is 0. The van der Waals surface area contributed by atoms with Crippen molar-refractivity contribution >= 4 is 0 Å². The Bertz CT molecular complexity index is 499. The van der Waals surface area contributed by atoms with Crippen molar-refractivity contribution in [3.63, 3.8) is 0 Å². The van der Waals surface area contributed by atoms with Gasteiger partial charge in [-0.15, -0.1) is 0 Å². The fraction of sp³-hybridized carbons (Fsp3) is 1.00. The van der Waals surface area contributed by atoms with Gasteiger partial charge >= 0.3 is 0 Å². The number of quaternary nitrogens is 2. The molecule has 0 aromatic rings. The number of nitrogens with zero attached hydrogens (tertiary/aromatic N) is 2. The van der Waals surface area contributed by atoms with Gasteiger partial charge < -0.3 is 27.9 Å². The second-order valence-electron chi connectivity index (χ2n) is 10.8. The third-order valence-electron chi connectivity index (χ3n) is 7.59. The summed E-state index contributed by atoms with van der Waals surface area (Å²) in [5.74, 6) is -1.02. The Morgan fingerprint density at radius 3 is 1.39 bits per heavy atom. The lowest BCUT2D eigenvalue weighted by Gasteiger charge is -2.33. The fourth-order valence-electron chi connectivity index (χ4n) is 5.82. The van der Waals surface area contributed by atoms with E-state index in [2.05, 4.69) is 27.9 Å². The maximum absolute atomic E-state index is 6.38. The van der Waals surface area contributed by atoms with Crippen LogP contribution in [0.5, 0.6) is 0 Å². The molecule has 0 radical (unpaired) electrons. The Labute approximate surface area is 171 Å². The van der Waals surface area contributed by atoms with E-state index >= 15 is 0 Å². The average molecular weight is 399 g/mol. The van der Waals surface area contributed by atoms with Crippen molar-refractivity contribution in [1.82, 2.24) is 0 Å². The first-order valence-corrected chi connectivity index (χ1v) is 11.5. The van der Waals surface area contributed by atoms with Gasteiger partial charge in [0.15, 0.2) is 11.6 Å². The van der Waals surface area contributed by atoms with Crippen LogP contribution in [0.15, 0.2) is 0 Å². The van der Waals surface area contributed by atoms with Crippen LogP contribution in [0.2, 0.25) is 0 Å². The van der Waals surface area contributed by atoms with Gasteiger partial charge in [-0.05, 0) is 13.8 Å². The monoisotopic (exact) mass is 398 g/mol. The van der Waals surface area contributed by atoms with Gasteiger partial charge in [0.2, 0.25) is 0 Å². The van der Waals surface area contributed by atoms with Crippen LogP contribution >= 0.6 is 0 Å². The first-order valence-electron chi connectivity index (χ1n) is 11.5. The lowest BCUT2D eigenvalue weighted by Crippen LogP contribution is -2.47. The van der Waals surface area contributed by atoms with Gasteiger partial charge in [-0.2, -0.15) is 0 Å². The molecule has 4 unspecified atom stereocenters. The molecule has 0 aliphatic carbocycles. The lowest BCUT2D eigenvalue weighted by molar-refractivity contribution is -0.900. The molecule has 0 spiro atoms. The van der Waals surface area contributed by atoms with Crippen molar-refractivity contribution in [2.45, 2.75) is 76.2 Å². The minimum Gasteiger partial charge on any atom is -0.347 e. The topological polar surface area (TPSA) is 36.9 Å². The highest BCUT2D eigenvalue weighted by Gasteiger charge is 2.46. The molecule has 0 aromatic carbocycles. The van der Waals surface area contributed by atoms with Gasteiger partial charge in [-0.1, -0.05) is 0 Å². The van der Waals surface area contributed by atoms with Crippen LogP contribution < -0.4 is 0 Å². The van der Waals surface area contributed by atoms with Crippen molar-refractivity contribution in [2.75, 3.05) is 66.6 Å². The fourth-order valence-corrected chi connectivity index (χ4v) is 5.82. The van der Waals surface area contributed by atoms with Gasteiger partial charge in [0.1, 0.15) is 25.3 Å². The molecular formula is C22H42N2O4+2. The molecule has 4 heterocycles. The van der Waals surface area contributed by atoms with E-state index in [0.29, 0.717) is 13.2 Å². The van der Waals surface area contributed by atoms with Crippen LogP contribution in [0.3, 0.4) is 0 Å². The number of hydrogen-bond acceptors (Lipinski definition) is 4. The predicted molar refractivity (Wildman–Crippen MR) is 108 cm³/mol. The summed E-state index contributed by atoms with van der Waals surface area (Å²) in [7, 11) is 4.72. The molecule has 0 amide bonds. The van der Waals surface area contributed by atoms with Crippen LogP contribution in [0.4, 0.5) is 0 Å². The molecule has 4 rings (SSSR count). The molecule has 6 heteroatoms. The van der Waals surface area contributed by atoms with Gasteiger partial charge in [0, 0.05) is 38.5 Å². The molecule has 4 saturated heterocycles. The minimum absolute atomic E-state index is 0.207. The summed E-state index contributed by atoms with van der Waals surface area (Å²) in [6.07, 6.45) is 7.39. The molecule has 4 aliphatic rings. The summed E-state index contributed by atoms with van der Waals surface area (Å²) in [6, 6.07) is 0. The normalized spacial score (nSPS) is 42.4. The Morgan fingerprint density at radius 2 is 1.04 bits per heavy atom. The Hall–Kier alpha value is -0.240. The van der Waals surface area contributed by atoms with E-state index in [9.17, 15) is 0 Å². The highest BCUT2D eigenvalue weighted by atomic mass is 16.8. The third kappa shape index (κ3) is 4.90. The Kier molecular flexibility index (Phi) is 5.84. The number of likely N-dealkylation sites (tertiary alicyclic amines) is 2. The first-order chi connectivity index (χ1) is 13.2. The molecule has 0 N–H and O–H groups in total. The van der Waals surface area contributed by atoms with E-state index in [0.717, 1.165) is 34.9 Å². The second-order valence-corrected chi connectivity index (χ2v) is 10.8. The summed E-state index contributed by atoms with van der Waals surface area (Å²) in [5.41, 5.74) is 0. The summed E-state index contributed by atoms with van der Waals surface area (Å²) in [5, 5.41) is 0. The third-order valence-corrected chi connectivity index (χ3v) is 7.59. The standard InChI is InChI=1S/C22H42N2O4/c1-21(25-17-19(27-21)15-23(3)11-5-6-12-23)9-10-22(2)26-18-20(28-22)16-24(4)13-7-8-14-24/h19-20H,5-18H2,1-4H3/q+2. The quantitative estimate of drug-likeness (QED) is 0.618. The Morgan fingerprint density at radius 1 is 0.679 bits per heavy atom. The summed E-state index contributed by atoms with van der Waals surface area (Å²) < 4.78 is 27.3. The van der Waals surface area contributed by atoms with Crippen molar-refractivity contribution in [2.24, 2.45) is 0 Å². The zero-order valence-corrected chi connectivity index (χ0v) is 18.6. The van der Waals surface area contributed by atoms with Crippen LogP contribution in [0, 0.1) is 0 Å². The van der Waals surface area contributed by atoms with Gasteiger partial charge in [0.25, 0.3) is 0 Å². The highest BCUT2D eigenvalue weighted by Crippen LogP contribution is 2.36. The van der Waals surface area contributed by atoms with Crippen molar-refractivity contribution in [3.05, 3.63) is 0 Å². The number of likely N-dealkylation sites (N-methyl/N-ethyl adjacent to an activating group) is 2.